The fourth-order valence-corrected chi connectivity index (χ4v) is 3.55. The maximum absolute atomic E-state index is 9.12. The van der Waals surface area contributed by atoms with E-state index < -0.39 is 0 Å². The predicted molar refractivity (Wildman–Crippen MR) is 104 cm³/mol. The molecule has 27 heavy (non-hydrogen) atoms. The Balaban J connectivity index is 1.57. The highest BCUT2D eigenvalue weighted by atomic mass is 35.5. The summed E-state index contributed by atoms with van der Waals surface area (Å²) in [4.78, 5) is 10.4. The maximum atomic E-state index is 9.12. The molecular formula is C21H19ClN4O. The summed E-state index contributed by atoms with van der Waals surface area (Å²) in [5, 5.41) is 9.82. The highest BCUT2D eigenvalue weighted by Crippen LogP contribution is 2.27. The van der Waals surface area contributed by atoms with E-state index in [0.717, 1.165) is 35.7 Å². The lowest BCUT2D eigenvalue weighted by atomic mass is 10.1. The van der Waals surface area contributed by atoms with Crippen LogP contribution >= 0.6 is 11.6 Å². The lowest BCUT2D eigenvalue weighted by Crippen LogP contribution is -2.39. The number of aromatic amines is 1. The minimum absolute atomic E-state index is 0.0393. The molecule has 1 aliphatic heterocycles. The minimum Gasteiger partial charge on any atom is -0.378 e. The van der Waals surface area contributed by atoms with Crippen LogP contribution in [0, 0.1) is 11.3 Å². The van der Waals surface area contributed by atoms with E-state index in [9.17, 15) is 0 Å². The van der Waals surface area contributed by atoms with Gasteiger partial charge in [0.2, 0.25) is 0 Å². The van der Waals surface area contributed by atoms with Crippen molar-refractivity contribution >= 4 is 11.6 Å². The van der Waals surface area contributed by atoms with Gasteiger partial charge in [-0.15, -0.1) is 0 Å². The minimum atomic E-state index is 0.0393. The fraction of sp³-hybridized carbons (Fsp3) is 0.238. The van der Waals surface area contributed by atoms with Crippen LogP contribution in [0.4, 0.5) is 0 Å². The summed E-state index contributed by atoms with van der Waals surface area (Å²) in [6, 6.07) is 17.7. The highest BCUT2D eigenvalue weighted by molar-refractivity contribution is 6.30. The molecule has 4 rings (SSSR count). The molecule has 2 aromatic carbocycles. The van der Waals surface area contributed by atoms with E-state index in [1.807, 2.05) is 54.7 Å². The van der Waals surface area contributed by atoms with Crippen LogP contribution in [0.1, 0.15) is 23.0 Å². The second-order valence-electron chi connectivity index (χ2n) is 6.57. The number of hydrogen-bond donors (Lipinski definition) is 1. The summed E-state index contributed by atoms with van der Waals surface area (Å²) in [6.45, 7) is 2.84. The average molecular weight is 379 g/mol. The van der Waals surface area contributed by atoms with Crippen molar-refractivity contribution in [3.05, 3.63) is 76.7 Å². The van der Waals surface area contributed by atoms with Gasteiger partial charge in [-0.05, 0) is 29.8 Å². The second kappa shape index (κ2) is 7.93. The first-order valence-corrected chi connectivity index (χ1v) is 9.22. The van der Waals surface area contributed by atoms with Crippen molar-refractivity contribution in [2.45, 2.75) is 12.6 Å². The van der Waals surface area contributed by atoms with Gasteiger partial charge in [0.25, 0.3) is 0 Å². The lowest BCUT2D eigenvalue weighted by Gasteiger charge is -2.34. The molecule has 136 valence electrons. The summed E-state index contributed by atoms with van der Waals surface area (Å²) >= 11 is 6.10. The third-order valence-corrected chi connectivity index (χ3v) is 4.96. The molecule has 0 unspecified atom stereocenters. The molecule has 6 heteroatoms. The lowest BCUT2D eigenvalue weighted by molar-refractivity contribution is -0.0156. The Hall–Kier alpha value is -2.65. The zero-order valence-corrected chi connectivity index (χ0v) is 15.5. The molecule has 1 saturated heterocycles. The molecule has 0 bridgehead atoms. The van der Waals surface area contributed by atoms with E-state index in [1.54, 1.807) is 0 Å². The summed E-state index contributed by atoms with van der Waals surface area (Å²) < 4.78 is 5.71. The van der Waals surface area contributed by atoms with E-state index in [-0.39, 0.29) is 6.04 Å². The molecule has 1 aliphatic rings. The number of imidazole rings is 1. The van der Waals surface area contributed by atoms with Gasteiger partial charge in [0.15, 0.2) is 0 Å². The molecule has 1 N–H and O–H groups in total. The number of benzene rings is 2. The van der Waals surface area contributed by atoms with Crippen molar-refractivity contribution in [2.75, 3.05) is 19.8 Å². The molecule has 0 aliphatic carbocycles. The third-order valence-electron chi connectivity index (χ3n) is 4.73. The van der Waals surface area contributed by atoms with Crippen LogP contribution in [0.25, 0.3) is 11.3 Å². The van der Waals surface area contributed by atoms with Crippen LogP contribution in [0.15, 0.2) is 54.7 Å². The largest absolute Gasteiger partial charge is 0.378 e. The van der Waals surface area contributed by atoms with Crippen LogP contribution in [0.3, 0.4) is 0 Å². The monoisotopic (exact) mass is 378 g/mol. The van der Waals surface area contributed by atoms with Crippen LogP contribution in [0.2, 0.25) is 5.02 Å². The van der Waals surface area contributed by atoms with E-state index in [1.165, 1.54) is 0 Å². The number of nitrogens with zero attached hydrogens (tertiary/aromatic N) is 3. The molecule has 2 heterocycles. The first-order valence-electron chi connectivity index (χ1n) is 8.84. The molecule has 0 radical (unpaired) electrons. The summed E-state index contributed by atoms with van der Waals surface area (Å²) in [5.41, 5.74) is 3.73. The Bertz CT molecular complexity index is 978. The molecule has 0 amide bonds. The number of hydrogen-bond acceptors (Lipinski definition) is 4. The Kier molecular flexibility index (Phi) is 5.21. The van der Waals surface area contributed by atoms with Crippen molar-refractivity contribution in [3.8, 4) is 17.3 Å². The molecular weight excluding hydrogens is 360 g/mol. The average Bonchev–Trinajstić information content (AvgIpc) is 3.19. The quantitative estimate of drug-likeness (QED) is 0.739. The van der Waals surface area contributed by atoms with E-state index >= 15 is 0 Å². The van der Waals surface area contributed by atoms with Gasteiger partial charge in [0, 0.05) is 23.7 Å². The maximum Gasteiger partial charge on any atom is 0.126 e. The Morgan fingerprint density at radius 1 is 1.26 bits per heavy atom. The van der Waals surface area contributed by atoms with Crippen LogP contribution in [0.5, 0.6) is 0 Å². The van der Waals surface area contributed by atoms with Gasteiger partial charge in [-0.3, -0.25) is 4.90 Å². The second-order valence-corrected chi connectivity index (χ2v) is 7.00. The Labute approximate surface area is 163 Å². The van der Waals surface area contributed by atoms with Crippen LogP contribution in [-0.2, 0) is 11.3 Å². The number of nitriles is 1. The smallest absolute Gasteiger partial charge is 0.126 e. The number of H-pyrrole nitrogens is 1. The number of nitrogens with one attached hydrogen (secondary N) is 1. The number of rotatable bonds is 4. The van der Waals surface area contributed by atoms with Crippen molar-refractivity contribution in [1.29, 1.82) is 5.26 Å². The summed E-state index contributed by atoms with van der Waals surface area (Å²) in [7, 11) is 0. The normalized spacial score (nSPS) is 17.6. The summed E-state index contributed by atoms with van der Waals surface area (Å²) in [6.07, 6.45) is 1.84. The van der Waals surface area contributed by atoms with Crippen LogP contribution < -0.4 is 0 Å². The number of ether oxygens (including phenoxy) is 1. The molecule has 0 spiro atoms. The van der Waals surface area contributed by atoms with Crippen molar-refractivity contribution in [3.63, 3.8) is 0 Å². The predicted octanol–water partition coefficient (Wildman–Crippen LogP) is 4.18. The molecule has 1 atom stereocenters. The highest BCUT2D eigenvalue weighted by Gasteiger charge is 2.27. The number of aromatic nitrogens is 2. The Morgan fingerprint density at radius 3 is 3.00 bits per heavy atom. The number of halogens is 1. The zero-order valence-electron chi connectivity index (χ0n) is 14.7. The Morgan fingerprint density at radius 2 is 2.15 bits per heavy atom. The van der Waals surface area contributed by atoms with E-state index in [2.05, 4.69) is 20.9 Å². The zero-order chi connectivity index (χ0) is 18.6. The first-order chi connectivity index (χ1) is 13.2. The molecule has 0 saturated carbocycles. The topological polar surface area (TPSA) is 64.9 Å². The van der Waals surface area contributed by atoms with Gasteiger partial charge in [-0.1, -0.05) is 35.9 Å². The number of morpholine rings is 1. The third kappa shape index (κ3) is 4.04. The van der Waals surface area contributed by atoms with Crippen LogP contribution in [-0.4, -0.2) is 34.6 Å². The van der Waals surface area contributed by atoms with E-state index in [0.29, 0.717) is 23.8 Å². The molecule has 3 aromatic rings. The first kappa shape index (κ1) is 17.7. The van der Waals surface area contributed by atoms with Gasteiger partial charge in [-0.25, -0.2) is 4.98 Å². The van der Waals surface area contributed by atoms with Gasteiger partial charge >= 0.3 is 0 Å². The van der Waals surface area contributed by atoms with Gasteiger partial charge in [0.1, 0.15) is 5.82 Å². The fourth-order valence-electron chi connectivity index (χ4n) is 3.36. The molecule has 1 aromatic heterocycles. The summed E-state index contributed by atoms with van der Waals surface area (Å²) in [5.74, 6) is 0.876. The van der Waals surface area contributed by atoms with Crippen molar-refractivity contribution in [2.24, 2.45) is 0 Å². The van der Waals surface area contributed by atoms with Crippen molar-refractivity contribution < 1.29 is 4.74 Å². The van der Waals surface area contributed by atoms with Gasteiger partial charge in [-0.2, -0.15) is 5.26 Å². The van der Waals surface area contributed by atoms with Crippen molar-refractivity contribution in [1.82, 2.24) is 14.9 Å². The SMILES string of the molecule is N#Cc1cccc(CN2CCOC[C@H]2c2ncc(-c3cccc(Cl)c3)[nH]2)c1. The standard InChI is InChI=1S/C21H19ClN4O/c22-18-6-2-5-17(10-18)19-12-24-21(25-19)20-14-27-8-7-26(20)13-16-4-1-3-15(9-16)11-23/h1-6,9-10,12,20H,7-8,13-14H2,(H,24,25)/t20-/m0/s1. The van der Waals surface area contributed by atoms with Gasteiger partial charge < -0.3 is 9.72 Å². The molecule has 1 fully saturated rings. The molecule has 5 nitrogen and oxygen atoms in total. The van der Waals surface area contributed by atoms with E-state index in [4.69, 9.17) is 21.6 Å². The van der Waals surface area contributed by atoms with Gasteiger partial charge in [0.05, 0.1) is 42.8 Å².